The number of rotatable bonds is 7. The monoisotopic (exact) mass is 256 g/mol. The fraction of sp³-hybridized carbons (Fsp3) is 0.471. The van der Waals surface area contributed by atoms with Gasteiger partial charge in [0.25, 0.3) is 0 Å². The lowest BCUT2D eigenvalue weighted by atomic mass is 9.99. The smallest absolute Gasteiger partial charge is 0.0704 e. The van der Waals surface area contributed by atoms with Crippen molar-refractivity contribution < 1.29 is 0 Å². The van der Waals surface area contributed by atoms with Gasteiger partial charge in [0.15, 0.2) is 0 Å². The van der Waals surface area contributed by atoms with Gasteiger partial charge in [-0.15, -0.1) is 0 Å². The molecule has 102 valence electrons. The highest BCUT2D eigenvalue weighted by atomic mass is 14.9. The van der Waals surface area contributed by atoms with Gasteiger partial charge in [-0.1, -0.05) is 38.5 Å². The van der Waals surface area contributed by atoms with Crippen molar-refractivity contribution in [1.82, 2.24) is 10.3 Å². The van der Waals surface area contributed by atoms with E-state index in [1.54, 1.807) is 0 Å². The third-order valence-electron chi connectivity index (χ3n) is 3.53. The number of fused-ring (bicyclic) bond motifs is 1. The van der Waals surface area contributed by atoms with Gasteiger partial charge in [0.1, 0.15) is 0 Å². The Kier molecular flexibility index (Phi) is 5.34. The SMILES string of the molecule is CCCNC(CCC)Cc1ccnc2ccccc12. The minimum atomic E-state index is 0.579. The first-order chi connectivity index (χ1) is 9.35. The number of para-hydroxylation sites is 1. The number of nitrogens with zero attached hydrogens (tertiary/aromatic N) is 1. The maximum Gasteiger partial charge on any atom is 0.0704 e. The highest BCUT2D eigenvalue weighted by molar-refractivity contribution is 5.81. The van der Waals surface area contributed by atoms with E-state index in [0.717, 1.165) is 18.5 Å². The summed E-state index contributed by atoms with van der Waals surface area (Å²) in [6.07, 6.45) is 6.68. The molecule has 0 saturated carbocycles. The number of nitrogens with one attached hydrogen (secondary N) is 1. The zero-order valence-corrected chi connectivity index (χ0v) is 12.0. The minimum absolute atomic E-state index is 0.579. The summed E-state index contributed by atoms with van der Waals surface area (Å²) >= 11 is 0. The molecule has 0 spiro atoms. The molecule has 2 rings (SSSR count). The highest BCUT2D eigenvalue weighted by Gasteiger charge is 2.10. The zero-order chi connectivity index (χ0) is 13.5. The largest absolute Gasteiger partial charge is 0.314 e. The second-order valence-corrected chi connectivity index (χ2v) is 5.13. The van der Waals surface area contributed by atoms with Crippen molar-refractivity contribution in [2.45, 2.75) is 45.6 Å². The summed E-state index contributed by atoms with van der Waals surface area (Å²) in [5, 5.41) is 4.96. The lowest BCUT2D eigenvalue weighted by Gasteiger charge is -2.18. The van der Waals surface area contributed by atoms with Crippen LogP contribution in [-0.4, -0.2) is 17.6 Å². The summed E-state index contributed by atoms with van der Waals surface area (Å²) < 4.78 is 0. The second-order valence-electron chi connectivity index (χ2n) is 5.13. The molecule has 0 amide bonds. The Labute approximate surface area is 116 Å². The average Bonchev–Trinajstić information content (AvgIpc) is 2.45. The lowest BCUT2D eigenvalue weighted by Crippen LogP contribution is -2.31. The molecule has 1 atom stereocenters. The van der Waals surface area contributed by atoms with Crippen LogP contribution in [0.2, 0.25) is 0 Å². The molecule has 2 aromatic rings. The van der Waals surface area contributed by atoms with Crippen molar-refractivity contribution in [3.8, 4) is 0 Å². The Morgan fingerprint density at radius 2 is 1.95 bits per heavy atom. The fourth-order valence-electron chi connectivity index (χ4n) is 2.57. The molecule has 1 N–H and O–H groups in total. The Morgan fingerprint density at radius 1 is 1.11 bits per heavy atom. The summed E-state index contributed by atoms with van der Waals surface area (Å²) in [6, 6.07) is 11.2. The van der Waals surface area contributed by atoms with Gasteiger partial charge in [-0.2, -0.15) is 0 Å². The summed E-state index contributed by atoms with van der Waals surface area (Å²) in [5.74, 6) is 0. The third kappa shape index (κ3) is 3.77. The van der Waals surface area contributed by atoms with E-state index in [2.05, 4.69) is 54.5 Å². The number of aromatic nitrogens is 1. The fourth-order valence-corrected chi connectivity index (χ4v) is 2.57. The Morgan fingerprint density at radius 3 is 2.74 bits per heavy atom. The van der Waals surface area contributed by atoms with Crippen molar-refractivity contribution >= 4 is 10.9 Å². The predicted molar refractivity (Wildman–Crippen MR) is 82.4 cm³/mol. The molecular formula is C17H24N2. The molecule has 19 heavy (non-hydrogen) atoms. The van der Waals surface area contributed by atoms with Crippen molar-refractivity contribution in [3.63, 3.8) is 0 Å². The molecular weight excluding hydrogens is 232 g/mol. The molecule has 1 aromatic carbocycles. The van der Waals surface area contributed by atoms with Gasteiger partial charge in [-0.05, 0) is 43.5 Å². The number of hydrogen-bond acceptors (Lipinski definition) is 2. The van der Waals surface area contributed by atoms with Gasteiger partial charge < -0.3 is 5.32 Å². The van der Waals surface area contributed by atoms with Crippen molar-refractivity contribution in [2.24, 2.45) is 0 Å². The Balaban J connectivity index is 2.18. The molecule has 2 heteroatoms. The van der Waals surface area contributed by atoms with E-state index in [1.165, 1.54) is 30.2 Å². The van der Waals surface area contributed by atoms with Crippen LogP contribution in [0.3, 0.4) is 0 Å². The van der Waals surface area contributed by atoms with E-state index in [0.29, 0.717) is 6.04 Å². The second kappa shape index (κ2) is 7.25. The van der Waals surface area contributed by atoms with Gasteiger partial charge in [0, 0.05) is 17.6 Å². The quantitative estimate of drug-likeness (QED) is 0.811. The molecule has 0 radical (unpaired) electrons. The van der Waals surface area contributed by atoms with Crippen LogP contribution in [0.1, 0.15) is 38.7 Å². The topological polar surface area (TPSA) is 24.9 Å². The van der Waals surface area contributed by atoms with Crippen LogP contribution in [0.15, 0.2) is 36.5 Å². The van der Waals surface area contributed by atoms with Gasteiger partial charge in [0.2, 0.25) is 0 Å². The van der Waals surface area contributed by atoms with Crippen molar-refractivity contribution in [2.75, 3.05) is 6.54 Å². The summed E-state index contributed by atoms with van der Waals surface area (Å²) in [4.78, 5) is 4.44. The average molecular weight is 256 g/mol. The molecule has 0 aliphatic carbocycles. The molecule has 0 aliphatic heterocycles. The minimum Gasteiger partial charge on any atom is -0.314 e. The van der Waals surface area contributed by atoms with Gasteiger partial charge in [-0.25, -0.2) is 0 Å². The van der Waals surface area contributed by atoms with E-state index in [-0.39, 0.29) is 0 Å². The lowest BCUT2D eigenvalue weighted by molar-refractivity contribution is 0.474. The molecule has 0 saturated heterocycles. The van der Waals surface area contributed by atoms with Crippen LogP contribution < -0.4 is 5.32 Å². The first-order valence-electron chi connectivity index (χ1n) is 7.41. The third-order valence-corrected chi connectivity index (χ3v) is 3.53. The Hall–Kier alpha value is -1.41. The van der Waals surface area contributed by atoms with E-state index in [4.69, 9.17) is 0 Å². The van der Waals surface area contributed by atoms with Gasteiger partial charge in [-0.3, -0.25) is 4.98 Å². The van der Waals surface area contributed by atoms with Crippen LogP contribution in [0.25, 0.3) is 10.9 Å². The molecule has 1 unspecified atom stereocenters. The van der Waals surface area contributed by atoms with E-state index < -0.39 is 0 Å². The molecule has 0 bridgehead atoms. The Bertz CT molecular complexity index is 502. The van der Waals surface area contributed by atoms with E-state index >= 15 is 0 Å². The number of pyridine rings is 1. The normalized spacial score (nSPS) is 12.7. The summed E-state index contributed by atoms with van der Waals surface area (Å²) in [7, 11) is 0. The molecule has 2 nitrogen and oxygen atoms in total. The van der Waals surface area contributed by atoms with Crippen molar-refractivity contribution in [3.05, 3.63) is 42.1 Å². The number of benzene rings is 1. The molecule has 1 aromatic heterocycles. The molecule has 0 fully saturated rings. The maximum absolute atomic E-state index is 4.44. The molecule has 1 heterocycles. The van der Waals surface area contributed by atoms with Crippen LogP contribution in [0.4, 0.5) is 0 Å². The van der Waals surface area contributed by atoms with Gasteiger partial charge >= 0.3 is 0 Å². The van der Waals surface area contributed by atoms with Crippen LogP contribution >= 0.6 is 0 Å². The zero-order valence-electron chi connectivity index (χ0n) is 12.0. The van der Waals surface area contributed by atoms with E-state index in [1.807, 2.05) is 6.20 Å². The van der Waals surface area contributed by atoms with Crippen LogP contribution in [0.5, 0.6) is 0 Å². The van der Waals surface area contributed by atoms with E-state index in [9.17, 15) is 0 Å². The summed E-state index contributed by atoms with van der Waals surface area (Å²) in [6.45, 7) is 5.58. The first kappa shape index (κ1) is 14.0. The highest BCUT2D eigenvalue weighted by Crippen LogP contribution is 2.18. The van der Waals surface area contributed by atoms with Crippen molar-refractivity contribution in [1.29, 1.82) is 0 Å². The first-order valence-corrected chi connectivity index (χ1v) is 7.41. The predicted octanol–water partition coefficient (Wildman–Crippen LogP) is 3.95. The standard InChI is InChI=1S/C17H24N2/c1-3-7-15(18-11-4-2)13-14-10-12-19-17-9-6-5-8-16(14)17/h5-6,8-10,12,15,18H,3-4,7,11,13H2,1-2H3. The van der Waals surface area contributed by atoms with Gasteiger partial charge in [0.05, 0.1) is 5.52 Å². The molecule has 0 aliphatic rings. The maximum atomic E-state index is 4.44. The van der Waals surface area contributed by atoms with Crippen LogP contribution in [0, 0.1) is 0 Å². The number of hydrogen-bond donors (Lipinski definition) is 1. The van der Waals surface area contributed by atoms with Crippen LogP contribution in [-0.2, 0) is 6.42 Å². The summed E-state index contributed by atoms with van der Waals surface area (Å²) in [5.41, 5.74) is 2.51.